The van der Waals surface area contributed by atoms with Gasteiger partial charge in [-0.15, -0.1) is 12.4 Å². The van der Waals surface area contributed by atoms with Gasteiger partial charge in [0.05, 0.1) is 10.5 Å². The Labute approximate surface area is 128 Å². The van der Waals surface area contributed by atoms with Crippen molar-refractivity contribution >= 4 is 34.9 Å². The third kappa shape index (κ3) is 2.52. The van der Waals surface area contributed by atoms with Crippen LogP contribution in [0.4, 0.5) is 0 Å². The third-order valence-corrected chi connectivity index (χ3v) is 3.57. The van der Waals surface area contributed by atoms with Crippen LogP contribution in [0.15, 0.2) is 42.7 Å². The fraction of sp³-hybridized carbons (Fsp3) is 0.133. The lowest BCUT2D eigenvalue weighted by molar-refractivity contribution is 0.978. The number of hydrogen-bond donors (Lipinski definition) is 2. The highest BCUT2D eigenvalue weighted by atomic mass is 35.5. The smallest absolute Gasteiger partial charge is 0.0651 e. The molecule has 0 spiro atoms. The van der Waals surface area contributed by atoms with Gasteiger partial charge in [-0.1, -0.05) is 23.7 Å². The number of rotatable bonds is 3. The molecule has 5 heteroatoms. The number of halogens is 2. The van der Waals surface area contributed by atoms with Crippen LogP contribution in [-0.4, -0.2) is 16.5 Å². The molecule has 3 N–H and O–H groups in total. The van der Waals surface area contributed by atoms with Gasteiger partial charge in [0.15, 0.2) is 0 Å². The minimum Gasteiger partial charge on any atom is -0.353 e. The summed E-state index contributed by atoms with van der Waals surface area (Å²) in [7, 11) is 0. The Morgan fingerprint density at radius 2 is 1.90 bits per heavy atom. The molecule has 0 fully saturated rings. The second-order valence-corrected chi connectivity index (χ2v) is 4.82. The van der Waals surface area contributed by atoms with Crippen molar-refractivity contribution < 1.29 is 0 Å². The molecule has 1 aromatic carbocycles. The molecule has 3 aromatic rings. The molecular weight excluding hydrogens is 293 g/mol. The molecule has 0 bridgehead atoms. The molecule has 104 valence electrons. The van der Waals surface area contributed by atoms with E-state index in [0.717, 1.165) is 33.6 Å². The summed E-state index contributed by atoms with van der Waals surface area (Å²) in [5.41, 5.74) is 10.1. The maximum absolute atomic E-state index is 6.26. The number of nitrogens with one attached hydrogen (secondary N) is 1. The second-order valence-electron chi connectivity index (χ2n) is 4.42. The van der Waals surface area contributed by atoms with Crippen LogP contribution in [0, 0.1) is 0 Å². The Balaban J connectivity index is 0.00000147. The zero-order valence-corrected chi connectivity index (χ0v) is 12.3. The van der Waals surface area contributed by atoms with Gasteiger partial charge in [-0.25, -0.2) is 0 Å². The molecule has 2 aromatic heterocycles. The number of fused-ring (bicyclic) bond motifs is 1. The van der Waals surface area contributed by atoms with Gasteiger partial charge in [-0.05, 0) is 36.7 Å². The fourth-order valence-electron chi connectivity index (χ4n) is 2.41. The molecule has 2 heterocycles. The molecule has 3 nitrogen and oxygen atoms in total. The summed E-state index contributed by atoms with van der Waals surface area (Å²) in [6.07, 6.45) is 4.39. The van der Waals surface area contributed by atoms with E-state index in [1.807, 2.05) is 24.3 Å². The average molecular weight is 308 g/mol. The van der Waals surface area contributed by atoms with E-state index >= 15 is 0 Å². The summed E-state index contributed by atoms with van der Waals surface area (Å²) in [6.45, 7) is 0.609. The molecular formula is C15H15Cl2N3. The van der Waals surface area contributed by atoms with Crippen LogP contribution in [-0.2, 0) is 6.42 Å². The van der Waals surface area contributed by atoms with E-state index in [1.54, 1.807) is 12.4 Å². The molecule has 0 saturated carbocycles. The topological polar surface area (TPSA) is 54.7 Å². The van der Waals surface area contributed by atoms with Crippen LogP contribution in [0.5, 0.6) is 0 Å². The van der Waals surface area contributed by atoms with E-state index in [4.69, 9.17) is 17.3 Å². The van der Waals surface area contributed by atoms with Gasteiger partial charge in [-0.3, -0.25) is 4.98 Å². The first-order chi connectivity index (χ1) is 9.31. The van der Waals surface area contributed by atoms with Crippen LogP contribution in [0.25, 0.3) is 22.2 Å². The van der Waals surface area contributed by atoms with Gasteiger partial charge in [0.25, 0.3) is 0 Å². The van der Waals surface area contributed by atoms with Crippen molar-refractivity contribution in [1.82, 2.24) is 9.97 Å². The van der Waals surface area contributed by atoms with E-state index in [0.29, 0.717) is 6.54 Å². The molecule has 0 aliphatic carbocycles. The Kier molecular flexibility index (Phi) is 4.65. The van der Waals surface area contributed by atoms with Gasteiger partial charge in [0.1, 0.15) is 0 Å². The summed E-state index contributed by atoms with van der Waals surface area (Å²) in [6, 6.07) is 9.91. The highest BCUT2D eigenvalue weighted by Crippen LogP contribution is 2.33. The second kappa shape index (κ2) is 6.27. The molecule has 0 atom stereocenters. The number of nitrogens with zero attached hydrogens (tertiary/aromatic N) is 1. The number of nitrogens with two attached hydrogens (primary N) is 1. The van der Waals surface area contributed by atoms with Crippen molar-refractivity contribution in [3.05, 3.63) is 53.3 Å². The van der Waals surface area contributed by atoms with E-state index in [2.05, 4.69) is 16.0 Å². The summed E-state index contributed by atoms with van der Waals surface area (Å²) >= 11 is 6.26. The zero-order valence-electron chi connectivity index (χ0n) is 10.8. The molecule has 0 saturated heterocycles. The van der Waals surface area contributed by atoms with Crippen molar-refractivity contribution in [2.75, 3.05) is 6.54 Å². The van der Waals surface area contributed by atoms with Gasteiger partial charge in [0.2, 0.25) is 0 Å². The molecule has 0 unspecified atom stereocenters. The molecule has 0 radical (unpaired) electrons. The summed E-state index contributed by atoms with van der Waals surface area (Å²) in [4.78, 5) is 7.47. The lowest BCUT2D eigenvalue weighted by atomic mass is 10.0. The lowest BCUT2D eigenvalue weighted by Gasteiger charge is -2.03. The van der Waals surface area contributed by atoms with E-state index in [9.17, 15) is 0 Å². The Hall–Kier alpha value is -1.55. The van der Waals surface area contributed by atoms with Crippen LogP contribution in [0.1, 0.15) is 5.56 Å². The first kappa shape index (κ1) is 14.9. The number of H-pyrrole nitrogens is 1. The first-order valence-electron chi connectivity index (χ1n) is 6.21. The minimum absolute atomic E-state index is 0. The number of benzene rings is 1. The van der Waals surface area contributed by atoms with Gasteiger partial charge < -0.3 is 10.7 Å². The monoisotopic (exact) mass is 307 g/mol. The highest BCUT2D eigenvalue weighted by Gasteiger charge is 2.13. The largest absolute Gasteiger partial charge is 0.353 e. The van der Waals surface area contributed by atoms with Crippen LogP contribution in [0.2, 0.25) is 5.02 Å². The summed E-state index contributed by atoms with van der Waals surface area (Å²) < 4.78 is 0. The maximum atomic E-state index is 6.26. The number of pyridine rings is 1. The number of aromatic amines is 1. The molecule has 20 heavy (non-hydrogen) atoms. The van der Waals surface area contributed by atoms with Crippen LogP contribution >= 0.6 is 24.0 Å². The number of para-hydroxylation sites is 1. The van der Waals surface area contributed by atoms with Crippen molar-refractivity contribution in [2.45, 2.75) is 6.42 Å². The Bertz CT molecular complexity index is 708. The Morgan fingerprint density at radius 1 is 1.15 bits per heavy atom. The first-order valence-corrected chi connectivity index (χ1v) is 6.58. The zero-order chi connectivity index (χ0) is 13.2. The minimum atomic E-state index is 0. The van der Waals surface area contributed by atoms with Crippen molar-refractivity contribution in [3.63, 3.8) is 0 Å². The van der Waals surface area contributed by atoms with Gasteiger partial charge >= 0.3 is 0 Å². The highest BCUT2D eigenvalue weighted by molar-refractivity contribution is 6.35. The standard InChI is InChI=1S/C15H14ClN3.ClH/c16-13-3-1-2-11-12(4-7-17)14(19-15(11)13)10-5-8-18-9-6-10;/h1-3,5-6,8-9,19H,4,7,17H2;1H. The molecule has 0 aliphatic rings. The third-order valence-electron chi connectivity index (χ3n) is 3.25. The number of aromatic nitrogens is 2. The van der Waals surface area contributed by atoms with Crippen molar-refractivity contribution in [1.29, 1.82) is 0 Å². The fourth-order valence-corrected chi connectivity index (χ4v) is 2.63. The van der Waals surface area contributed by atoms with Crippen LogP contribution in [0.3, 0.4) is 0 Å². The van der Waals surface area contributed by atoms with Crippen molar-refractivity contribution in [3.8, 4) is 11.3 Å². The lowest BCUT2D eigenvalue weighted by Crippen LogP contribution is -2.03. The Morgan fingerprint density at radius 3 is 2.60 bits per heavy atom. The summed E-state index contributed by atoms with van der Waals surface area (Å²) in [5, 5.41) is 1.88. The van der Waals surface area contributed by atoms with E-state index in [-0.39, 0.29) is 12.4 Å². The molecule has 0 aliphatic heterocycles. The molecule has 3 rings (SSSR count). The normalized spacial score (nSPS) is 10.5. The average Bonchev–Trinajstić information content (AvgIpc) is 2.81. The number of hydrogen-bond acceptors (Lipinski definition) is 2. The van der Waals surface area contributed by atoms with Crippen LogP contribution < -0.4 is 5.73 Å². The summed E-state index contributed by atoms with van der Waals surface area (Å²) in [5.74, 6) is 0. The van der Waals surface area contributed by atoms with Gasteiger partial charge in [0, 0.05) is 29.0 Å². The molecule has 0 amide bonds. The van der Waals surface area contributed by atoms with E-state index < -0.39 is 0 Å². The van der Waals surface area contributed by atoms with E-state index in [1.165, 1.54) is 5.56 Å². The predicted octanol–water partition coefficient (Wildman–Crippen LogP) is 3.81. The maximum Gasteiger partial charge on any atom is 0.0651 e. The van der Waals surface area contributed by atoms with Crippen molar-refractivity contribution in [2.24, 2.45) is 5.73 Å². The quantitative estimate of drug-likeness (QED) is 0.773. The SMILES string of the molecule is Cl.NCCc1c(-c2ccncc2)[nH]c2c(Cl)cccc12. The van der Waals surface area contributed by atoms with Gasteiger partial charge in [-0.2, -0.15) is 0 Å². The predicted molar refractivity (Wildman–Crippen MR) is 86.5 cm³/mol.